The van der Waals surface area contributed by atoms with Crippen molar-refractivity contribution in [2.24, 2.45) is 0 Å². The largest absolute Gasteiger partial charge is 0.312 e. The lowest BCUT2D eigenvalue weighted by molar-refractivity contribution is 0.441. The quantitative estimate of drug-likeness (QED) is 0.875. The van der Waals surface area contributed by atoms with E-state index < -0.39 is 0 Å². The van der Waals surface area contributed by atoms with Crippen LogP contribution in [-0.4, -0.2) is 7.05 Å². The van der Waals surface area contributed by atoms with E-state index in [2.05, 4.69) is 17.4 Å². The average Bonchev–Trinajstić information content (AvgIpc) is 3.25. The number of likely N-dealkylation sites (N-methyl/N-ethyl adjacent to an activating group) is 1. The Kier molecular flexibility index (Phi) is 3.53. The molecule has 3 heteroatoms. The summed E-state index contributed by atoms with van der Waals surface area (Å²) < 4.78 is 14.2. The lowest BCUT2D eigenvalue weighted by Crippen LogP contribution is -2.30. The monoisotopic (exact) mass is 289 g/mol. The lowest BCUT2D eigenvalue weighted by atomic mass is 9.84. The molecule has 0 aliphatic heterocycles. The molecule has 3 rings (SSSR count). The summed E-state index contributed by atoms with van der Waals surface area (Å²) >= 11 is 5.85. The van der Waals surface area contributed by atoms with Gasteiger partial charge in [0.05, 0.1) is 0 Å². The summed E-state index contributed by atoms with van der Waals surface area (Å²) in [7, 11) is 1.89. The maximum absolute atomic E-state index is 14.2. The van der Waals surface area contributed by atoms with Gasteiger partial charge in [-0.05, 0) is 37.6 Å². The molecular weight excluding hydrogens is 273 g/mol. The zero-order valence-electron chi connectivity index (χ0n) is 11.4. The number of benzene rings is 2. The van der Waals surface area contributed by atoms with E-state index in [0.29, 0.717) is 10.6 Å². The van der Waals surface area contributed by atoms with E-state index in [4.69, 9.17) is 11.6 Å². The summed E-state index contributed by atoms with van der Waals surface area (Å²) in [6, 6.07) is 15.3. The van der Waals surface area contributed by atoms with Crippen LogP contribution >= 0.6 is 11.6 Å². The molecule has 0 bridgehead atoms. The van der Waals surface area contributed by atoms with Crippen LogP contribution in [0.15, 0.2) is 48.5 Å². The second kappa shape index (κ2) is 5.19. The van der Waals surface area contributed by atoms with Gasteiger partial charge in [0.1, 0.15) is 5.82 Å². The van der Waals surface area contributed by atoms with Crippen LogP contribution in [0.2, 0.25) is 5.02 Å². The van der Waals surface area contributed by atoms with Crippen molar-refractivity contribution in [3.63, 3.8) is 0 Å². The second-order valence-corrected chi connectivity index (χ2v) is 5.85. The SMILES string of the molecule is CNC(c1ccc(Cl)cc1F)C1(c2ccccc2)CC1. The Bertz CT molecular complexity index is 608. The Morgan fingerprint density at radius 3 is 2.40 bits per heavy atom. The molecule has 1 fully saturated rings. The molecule has 1 unspecified atom stereocenters. The molecule has 0 spiro atoms. The van der Waals surface area contributed by atoms with Crippen molar-refractivity contribution < 1.29 is 4.39 Å². The van der Waals surface area contributed by atoms with Crippen molar-refractivity contribution in [1.82, 2.24) is 5.32 Å². The first-order valence-corrected chi connectivity index (χ1v) is 7.23. The molecular formula is C17H17ClFN. The molecule has 1 atom stereocenters. The van der Waals surface area contributed by atoms with Gasteiger partial charge in [0, 0.05) is 22.0 Å². The summed E-state index contributed by atoms with van der Waals surface area (Å²) in [6.07, 6.45) is 2.15. The molecule has 1 saturated carbocycles. The van der Waals surface area contributed by atoms with Gasteiger partial charge in [-0.1, -0.05) is 48.0 Å². The first-order chi connectivity index (χ1) is 9.67. The molecule has 2 aromatic rings. The summed E-state index contributed by atoms with van der Waals surface area (Å²) in [5, 5.41) is 3.73. The van der Waals surface area contributed by atoms with Crippen LogP contribution in [0.25, 0.3) is 0 Å². The Morgan fingerprint density at radius 2 is 1.85 bits per heavy atom. The van der Waals surface area contributed by atoms with Crippen molar-refractivity contribution in [3.05, 3.63) is 70.5 Å². The van der Waals surface area contributed by atoms with E-state index in [-0.39, 0.29) is 17.3 Å². The van der Waals surface area contributed by atoms with Gasteiger partial charge in [0.25, 0.3) is 0 Å². The summed E-state index contributed by atoms with van der Waals surface area (Å²) in [5.74, 6) is -0.237. The van der Waals surface area contributed by atoms with Crippen LogP contribution in [0.1, 0.15) is 30.0 Å². The number of rotatable bonds is 4. The number of halogens is 2. The van der Waals surface area contributed by atoms with Crippen molar-refractivity contribution in [2.45, 2.75) is 24.3 Å². The average molecular weight is 290 g/mol. The van der Waals surface area contributed by atoms with Crippen LogP contribution in [0.4, 0.5) is 4.39 Å². The van der Waals surface area contributed by atoms with Crippen molar-refractivity contribution in [3.8, 4) is 0 Å². The maximum atomic E-state index is 14.2. The molecule has 1 aliphatic rings. The maximum Gasteiger partial charge on any atom is 0.129 e. The third-order valence-electron chi connectivity index (χ3n) is 4.25. The number of hydrogen-bond donors (Lipinski definition) is 1. The van der Waals surface area contributed by atoms with Gasteiger partial charge in [-0.3, -0.25) is 0 Å². The van der Waals surface area contributed by atoms with Crippen molar-refractivity contribution >= 4 is 11.6 Å². The van der Waals surface area contributed by atoms with Crippen LogP contribution in [-0.2, 0) is 5.41 Å². The zero-order valence-corrected chi connectivity index (χ0v) is 12.1. The highest BCUT2D eigenvalue weighted by molar-refractivity contribution is 6.30. The van der Waals surface area contributed by atoms with Crippen molar-refractivity contribution in [1.29, 1.82) is 0 Å². The van der Waals surface area contributed by atoms with Gasteiger partial charge in [-0.25, -0.2) is 4.39 Å². The second-order valence-electron chi connectivity index (χ2n) is 5.41. The van der Waals surface area contributed by atoms with E-state index in [1.807, 2.05) is 25.2 Å². The zero-order chi connectivity index (χ0) is 14.2. The van der Waals surface area contributed by atoms with E-state index >= 15 is 0 Å². The summed E-state index contributed by atoms with van der Waals surface area (Å²) in [4.78, 5) is 0. The normalized spacial score (nSPS) is 17.8. The van der Waals surface area contributed by atoms with Crippen LogP contribution < -0.4 is 5.32 Å². The summed E-state index contributed by atoms with van der Waals surface area (Å²) in [6.45, 7) is 0. The predicted molar refractivity (Wildman–Crippen MR) is 80.6 cm³/mol. The predicted octanol–water partition coefficient (Wildman–Crippen LogP) is 4.47. The first kappa shape index (κ1) is 13.6. The molecule has 104 valence electrons. The molecule has 1 aliphatic carbocycles. The minimum atomic E-state index is -0.237. The number of hydrogen-bond acceptors (Lipinski definition) is 1. The first-order valence-electron chi connectivity index (χ1n) is 6.85. The van der Waals surface area contributed by atoms with Crippen LogP contribution in [0.3, 0.4) is 0 Å². The fourth-order valence-corrected chi connectivity index (χ4v) is 3.27. The molecule has 0 aromatic heterocycles. The minimum absolute atomic E-state index is 0.00464. The van der Waals surface area contributed by atoms with Gasteiger partial charge in [-0.15, -0.1) is 0 Å². The fraction of sp³-hybridized carbons (Fsp3) is 0.294. The fourth-order valence-electron chi connectivity index (χ4n) is 3.11. The van der Waals surface area contributed by atoms with Gasteiger partial charge >= 0.3 is 0 Å². The smallest absolute Gasteiger partial charge is 0.129 e. The van der Waals surface area contributed by atoms with Gasteiger partial charge in [0.2, 0.25) is 0 Å². The molecule has 2 aromatic carbocycles. The minimum Gasteiger partial charge on any atom is -0.312 e. The van der Waals surface area contributed by atoms with E-state index in [0.717, 1.165) is 12.8 Å². The van der Waals surface area contributed by atoms with Gasteiger partial charge < -0.3 is 5.32 Å². The Labute approximate surface area is 123 Å². The lowest BCUT2D eigenvalue weighted by Gasteiger charge is -2.28. The standard InChI is InChI=1S/C17H17ClFN/c1-20-16(14-8-7-13(18)11-15(14)19)17(9-10-17)12-5-3-2-4-6-12/h2-8,11,16,20H,9-10H2,1H3. The molecule has 0 heterocycles. The Balaban J connectivity index is 2.02. The number of nitrogens with one attached hydrogen (secondary N) is 1. The Hall–Kier alpha value is -1.38. The highest BCUT2D eigenvalue weighted by Crippen LogP contribution is 2.56. The van der Waals surface area contributed by atoms with Crippen LogP contribution in [0.5, 0.6) is 0 Å². The molecule has 0 radical (unpaired) electrons. The van der Waals surface area contributed by atoms with Gasteiger partial charge in [0.15, 0.2) is 0 Å². The van der Waals surface area contributed by atoms with Gasteiger partial charge in [-0.2, -0.15) is 0 Å². The summed E-state index contributed by atoms with van der Waals surface area (Å²) in [5.41, 5.74) is 1.97. The van der Waals surface area contributed by atoms with Crippen LogP contribution in [0, 0.1) is 5.82 Å². The molecule has 0 saturated heterocycles. The topological polar surface area (TPSA) is 12.0 Å². The Morgan fingerprint density at radius 1 is 1.15 bits per heavy atom. The van der Waals surface area contributed by atoms with Crippen molar-refractivity contribution in [2.75, 3.05) is 7.05 Å². The third kappa shape index (κ3) is 2.23. The third-order valence-corrected chi connectivity index (χ3v) is 4.49. The van der Waals surface area contributed by atoms with E-state index in [9.17, 15) is 4.39 Å². The van der Waals surface area contributed by atoms with E-state index in [1.54, 1.807) is 12.1 Å². The molecule has 1 nitrogen and oxygen atoms in total. The molecule has 20 heavy (non-hydrogen) atoms. The molecule has 0 amide bonds. The van der Waals surface area contributed by atoms with E-state index in [1.165, 1.54) is 11.6 Å². The highest BCUT2D eigenvalue weighted by atomic mass is 35.5. The molecule has 1 N–H and O–H groups in total. The highest BCUT2D eigenvalue weighted by Gasteiger charge is 2.51.